The molecule has 4 nitrogen and oxygen atoms in total. The zero-order valence-electron chi connectivity index (χ0n) is 17.9. The van der Waals surface area contributed by atoms with E-state index < -0.39 is 6.04 Å². The Hall–Kier alpha value is -2.04. The molecule has 2 aromatic rings. The number of carbonyl (C=O) groups excluding carboxylic acids is 2. The molecule has 1 fully saturated rings. The van der Waals surface area contributed by atoms with E-state index in [9.17, 15) is 9.59 Å². The third-order valence-electron chi connectivity index (χ3n) is 5.90. The summed E-state index contributed by atoms with van der Waals surface area (Å²) in [6.07, 6.45) is 6.25. The van der Waals surface area contributed by atoms with Gasteiger partial charge in [0, 0.05) is 22.6 Å². The Balaban J connectivity index is 1.81. The molecule has 1 N–H and O–H groups in total. The summed E-state index contributed by atoms with van der Waals surface area (Å²) in [7, 11) is 0. The molecule has 2 amide bonds. The predicted molar refractivity (Wildman–Crippen MR) is 126 cm³/mol. The SMILES string of the molecule is CCC(C(=O)NC1CCCCC1)N(Cc1ccccc1Cl)C(=O)Cc1ccc(Cl)cc1. The van der Waals surface area contributed by atoms with Crippen molar-refractivity contribution in [1.29, 1.82) is 0 Å². The Morgan fingerprint density at radius 3 is 2.35 bits per heavy atom. The van der Waals surface area contributed by atoms with Crippen molar-refractivity contribution in [2.24, 2.45) is 0 Å². The number of rotatable bonds is 8. The molecule has 166 valence electrons. The number of hydrogen-bond acceptors (Lipinski definition) is 2. The number of carbonyl (C=O) groups is 2. The van der Waals surface area contributed by atoms with Crippen LogP contribution in [0.4, 0.5) is 0 Å². The zero-order chi connectivity index (χ0) is 22.2. The molecular weight excluding hydrogens is 431 g/mol. The maximum absolute atomic E-state index is 13.4. The molecule has 0 spiro atoms. The lowest BCUT2D eigenvalue weighted by molar-refractivity contribution is -0.141. The zero-order valence-corrected chi connectivity index (χ0v) is 19.5. The van der Waals surface area contributed by atoms with E-state index in [1.54, 1.807) is 17.0 Å². The molecule has 1 unspecified atom stereocenters. The fraction of sp³-hybridized carbons (Fsp3) is 0.440. The van der Waals surface area contributed by atoms with E-state index >= 15 is 0 Å². The van der Waals surface area contributed by atoms with Gasteiger partial charge in [-0.25, -0.2) is 0 Å². The van der Waals surface area contributed by atoms with Crippen molar-refractivity contribution in [3.63, 3.8) is 0 Å². The van der Waals surface area contributed by atoms with Crippen molar-refractivity contribution in [3.8, 4) is 0 Å². The van der Waals surface area contributed by atoms with Crippen LogP contribution in [0.25, 0.3) is 0 Å². The van der Waals surface area contributed by atoms with Gasteiger partial charge in [0.15, 0.2) is 0 Å². The van der Waals surface area contributed by atoms with E-state index in [-0.39, 0.29) is 24.3 Å². The lowest BCUT2D eigenvalue weighted by Crippen LogP contribution is -2.52. The summed E-state index contributed by atoms with van der Waals surface area (Å²) in [5, 5.41) is 4.41. The number of hydrogen-bond donors (Lipinski definition) is 1. The number of nitrogens with zero attached hydrogens (tertiary/aromatic N) is 1. The van der Waals surface area contributed by atoms with Crippen LogP contribution in [0.5, 0.6) is 0 Å². The van der Waals surface area contributed by atoms with Crippen LogP contribution in [-0.2, 0) is 22.6 Å². The highest BCUT2D eigenvalue weighted by atomic mass is 35.5. The van der Waals surface area contributed by atoms with E-state index in [0.717, 1.165) is 36.8 Å². The second kappa shape index (κ2) is 11.5. The summed E-state index contributed by atoms with van der Waals surface area (Å²) in [5.41, 5.74) is 1.69. The molecule has 0 saturated heterocycles. The Morgan fingerprint density at radius 1 is 1.03 bits per heavy atom. The van der Waals surface area contributed by atoms with Crippen LogP contribution in [-0.4, -0.2) is 28.8 Å². The van der Waals surface area contributed by atoms with E-state index in [0.29, 0.717) is 23.0 Å². The highest BCUT2D eigenvalue weighted by Gasteiger charge is 2.30. The molecule has 1 aliphatic rings. The molecule has 1 atom stereocenters. The minimum atomic E-state index is -0.544. The van der Waals surface area contributed by atoms with E-state index in [1.807, 2.05) is 43.3 Å². The summed E-state index contributed by atoms with van der Waals surface area (Å²) in [5.74, 6) is -0.182. The Morgan fingerprint density at radius 2 is 1.71 bits per heavy atom. The van der Waals surface area contributed by atoms with Crippen molar-refractivity contribution >= 4 is 35.0 Å². The van der Waals surface area contributed by atoms with Gasteiger partial charge in [-0.05, 0) is 48.6 Å². The number of halogens is 2. The van der Waals surface area contributed by atoms with Crippen LogP contribution in [0.1, 0.15) is 56.6 Å². The van der Waals surface area contributed by atoms with Crippen LogP contribution >= 0.6 is 23.2 Å². The largest absolute Gasteiger partial charge is 0.352 e. The number of nitrogens with one attached hydrogen (secondary N) is 1. The third kappa shape index (κ3) is 6.72. The van der Waals surface area contributed by atoms with Gasteiger partial charge < -0.3 is 10.2 Å². The summed E-state index contributed by atoms with van der Waals surface area (Å²) < 4.78 is 0. The second-order valence-electron chi connectivity index (χ2n) is 8.18. The highest BCUT2D eigenvalue weighted by molar-refractivity contribution is 6.31. The predicted octanol–water partition coefficient (Wildman–Crippen LogP) is 5.79. The van der Waals surface area contributed by atoms with Crippen molar-refractivity contribution in [1.82, 2.24) is 10.2 Å². The molecule has 0 radical (unpaired) electrons. The standard InChI is InChI=1S/C25H30Cl2N2O2/c1-2-23(25(31)28-21-9-4-3-5-10-21)29(17-19-8-6-7-11-22(19)27)24(30)16-18-12-14-20(26)15-13-18/h6-8,11-15,21,23H,2-5,9-10,16-17H2,1H3,(H,28,31). The Labute approximate surface area is 194 Å². The van der Waals surface area contributed by atoms with Crippen LogP contribution in [0.15, 0.2) is 48.5 Å². The maximum atomic E-state index is 13.4. The summed E-state index contributed by atoms with van der Waals surface area (Å²) in [6.45, 7) is 2.24. The first-order chi connectivity index (χ1) is 15.0. The van der Waals surface area contributed by atoms with Gasteiger partial charge in [-0.3, -0.25) is 9.59 Å². The summed E-state index contributed by atoms with van der Waals surface area (Å²) in [4.78, 5) is 28.3. The van der Waals surface area contributed by atoms with Gasteiger partial charge in [0.25, 0.3) is 0 Å². The highest BCUT2D eigenvalue weighted by Crippen LogP contribution is 2.22. The molecule has 0 heterocycles. The quantitative estimate of drug-likeness (QED) is 0.541. The van der Waals surface area contributed by atoms with E-state index in [4.69, 9.17) is 23.2 Å². The lowest BCUT2D eigenvalue weighted by Gasteiger charge is -2.33. The van der Waals surface area contributed by atoms with Crippen LogP contribution < -0.4 is 5.32 Å². The molecule has 31 heavy (non-hydrogen) atoms. The Kier molecular flexibility index (Phi) is 8.79. The van der Waals surface area contributed by atoms with Gasteiger partial charge in [-0.15, -0.1) is 0 Å². The summed E-state index contributed by atoms with van der Waals surface area (Å²) in [6, 6.07) is 14.4. The van der Waals surface area contributed by atoms with Gasteiger partial charge in [0.05, 0.1) is 6.42 Å². The number of benzene rings is 2. The summed E-state index contributed by atoms with van der Waals surface area (Å²) >= 11 is 12.4. The normalized spacial score (nSPS) is 15.3. The van der Waals surface area contributed by atoms with Crippen LogP contribution in [0.2, 0.25) is 10.0 Å². The fourth-order valence-corrected chi connectivity index (χ4v) is 4.47. The minimum absolute atomic E-state index is 0.0779. The van der Waals surface area contributed by atoms with Gasteiger partial charge in [-0.2, -0.15) is 0 Å². The monoisotopic (exact) mass is 460 g/mol. The smallest absolute Gasteiger partial charge is 0.243 e. The molecule has 3 rings (SSSR count). The van der Waals surface area contributed by atoms with Crippen molar-refractivity contribution in [2.45, 2.75) is 70.5 Å². The van der Waals surface area contributed by atoms with Gasteiger partial charge in [0.1, 0.15) is 6.04 Å². The molecule has 1 aliphatic carbocycles. The first kappa shape index (κ1) is 23.6. The van der Waals surface area contributed by atoms with Crippen LogP contribution in [0.3, 0.4) is 0 Å². The van der Waals surface area contributed by atoms with Crippen LogP contribution in [0, 0.1) is 0 Å². The van der Waals surface area contributed by atoms with E-state index in [1.165, 1.54) is 6.42 Å². The molecule has 0 aromatic heterocycles. The molecular formula is C25H30Cl2N2O2. The second-order valence-corrected chi connectivity index (χ2v) is 9.03. The first-order valence-electron chi connectivity index (χ1n) is 11.1. The molecule has 2 aromatic carbocycles. The van der Waals surface area contributed by atoms with Crippen molar-refractivity contribution in [2.75, 3.05) is 0 Å². The van der Waals surface area contributed by atoms with Crippen molar-refractivity contribution < 1.29 is 9.59 Å². The molecule has 6 heteroatoms. The van der Waals surface area contributed by atoms with Gasteiger partial charge >= 0.3 is 0 Å². The van der Waals surface area contributed by atoms with Gasteiger partial charge in [-0.1, -0.05) is 79.7 Å². The minimum Gasteiger partial charge on any atom is -0.352 e. The molecule has 0 bridgehead atoms. The van der Waals surface area contributed by atoms with Crippen molar-refractivity contribution in [3.05, 3.63) is 69.7 Å². The first-order valence-corrected chi connectivity index (χ1v) is 11.8. The average molecular weight is 461 g/mol. The topological polar surface area (TPSA) is 49.4 Å². The van der Waals surface area contributed by atoms with E-state index in [2.05, 4.69) is 5.32 Å². The molecule has 0 aliphatic heterocycles. The van der Waals surface area contributed by atoms with Gasteiger partial charge in [0.2, 0.25) is 11.8 Å². The Bertz CT molecular complexity index is 879. The third-order valence-corrected chi connectivity index (χ3v) is 6.53. The average Bonchev–Trinajstić information content (AvgIpc) is 2.77. The fourth-order valence-electron chi connectivity index (χ4n) is 4.15. The molecule has 1 saturated carbocycles. The maximum Gasteiger partial charge on any atom is 0.243 e. The lowest BCUT2D eigenvalue weighted by atomic mass is 9.95. The number of amides is 2.